The molecule has 7 nitrogen and oxygen atoms in total. The number of ether oxygens (including phenoxy) is 2. The highest BCUT2D eigenvalue weighted by Crippen LogP contribution is 2.19. The molecular formula is C22H30N2O5. The van der Waals surface area contributed by atoms with Gasteiger partial charge in [-0.05, 0) is 25.3 Å². The van der Waals surface area contributed by atoms with E-state index >= 15 is 0 Å². The van der Waals surface area contributed by atoms with Crippen molar-refractivity contribution in [3.05, 3.63) is 48.0 Å². The Morgan fingerprint density at radius 3 is 2.59 bits per heavy atom. The van der Waals surface area contributed by atoms with E-state index in [0.717, 1.165) is 5.56 Å². The SMILES string of the molecule is C[C@H](NC(=O)C[C@H]1C=C[C@@H](NC(=O)C2CCOCC2)[C@@H](CO)O1)c1ccccc1. The Kier molecular flexibility index (Phi) is 7.80. The number of carbonyl (C=O) groups excluding carboxylic acids is 2. The molecule has 0 unspecified atom stereocenters. The van der Waals surface area contributed by atoms with Crippen LogP contribution in [-0.2, 0) is 19.1 Å². The van der Waals surface area contributed by atoms with E-state index in [1.165, 1.54) is 0 Å². The quantitative estimate of drug-likeness (QED) is 0.601. The van der Waals surface area contributed by atoms with Crippen LogP contribution in [0, 0.1) is 5.92 Å². The molecule has 0 radical (unpaired) electrons. The second-order valence-electron chi connectivity index (χ2n) is 7.61. The molecule has 2 amide bonds. The maximum absolute atomic E-state index is 12.4. The van der Waals surface area contributed by atoms with Gasteiger partial charge in [-0.1, -0.05) is 42.5 Å². The third kappa shape index (κ3) is 6.13. The molecule has 4 atom stereocenters. The van der Waals surface area contributed by atoms with Crippen molar-refractivity contribution in [1.29, 1.82) is 0 Å². The molecule has 7 heteroatoms. The predicted molar refractivity (Wildman–Crippen MR) is 108 cm³/mol. The molecule has 0 saturated carbocycles. The molecule has 3 N–H and O–H groups in total. The Balaban J connectivity index is 1.51. The van der Waals surface area contributed by atoms with Gasteiger partial charge in [0, 0.05) is 19.1 Å². The van der Waals surface area contributed by atoms with E-state index in [1.54, 1.807) is 6.08 Å². The minimum atomic E-state index is -0.576. The average molecular weight is 402 g/mol. The molecule has 0 bridgehead atoms. The first kappa shape index (κ1) is 21.5. The van der Waals surface area contributed by atoms with Gasteiger partial charge in [0.1, 0.15) is 6.10 Å². The van der Waals surface area contributed by atoms with Crippen LogP contribution in [0.2, 0.25) is 0 Å². The third-order valence-corrected chi connectivity index (χ3v) is 5.43. The summed E-state index contributed by atoms with van der Waals surface area (Å²) in [6.07, 6.45) is 4.16. The van der Waals surface area contributed by atoms with Gasteiger partial charge in [0.2, 0.25) is 11.8 Å². The van der Waals surface area contributed by atoms with E-state index in [-0.39, 0.29) is 36.8 Å². The van der Waals surface area contributed by atoms with Gasteiger partial charge >= 0.3 is 0 Å². The number of aliphatic hydroxyl groups is 1. The molecule has 158 valence electrons. The van der Waals surface area contributed by atoms with Crippen LogP contribution < -0.4 is 10.6 Å². The maximum Gasteiger partial charge on any atom is 0.223 e. The van der Waals surface area contributed by atoms with Crippen LogP contribution >= 0.6 is 0 Å². The zero-order valence-corrected chi connectivity index (χ0v) is 16.8. The molecular weight excluding hydrogens is 372 g/mol. The van der Waals surface area contributed by atoms with Gasteiger partial charge < -0.3 is 25.2 Å². The zero-order chi connectivity index (χ0) is 20.6. The Hall–Kier alpha value is -2.22. The lowest BCUT2D eigenvalue weighted by Crippen LogP contribution is -2.51. The third-order valence-electron chi connectivity index (χ3n) is 5.43. The van der Waals surface area contributed by atoms with E-state index < -0.39 is 18.2 Å². The maximum atomic E-state index is 12.4. The molecule has 1 saturated heterocycles. The fourth-order valence-corrected chi connectivity index (χ4v) is 3.69. The fourth-order valence-electron chi connectivity index (χ4n) is 3.69. The van der Waals surface area contributed by atoms with Gasteiger partial charge in [0.05, 0.1) is 31.2 Å². The first-order valence-corrected chi connectivity index (χ1v) is 10.2. The van der Waals surface area contributed by atoms with Crippen molar-refractivity contribution in [3.8, 4) is 0 Å². The summed E-state index contributed by atoms with van der Waals surface area (Å²) in [5, 5.41) is 15.6. The van der Waals surface area contributed by atoms with Crippen LogP contribution in [0.4, 0.5) is 0 Å². The van der Waals surface area contributed by atoms with Crippen LogP contribution in [0.3, 0.4) is 0 Å². The van der Waals surface area contributed by atoms with Gasteiger partial charge in [-0.15, -0.1) is 0 Å². The fraction of sp³-hybridized carbons (Fsp3) is 0.545. The van der Waals surface area contributed by atoms with Crippen LogP contribution in [0.1, 0.15) is 37.8 Å². The Morgan fingerprint density at radius 1 is 1.17 bits per heavy atom. The summed E-state index contributed by atoms with van der Waals surface area (Å²) in [4.78, 5) is 24.8. The molecule has 2 aliphatic heterocycles. The number of amides is 2. The normalized spacial score (nSPS) is 25.9. The smallest absolute Gasteiger partial charge is 0.223 e. The van der Waals surface area contributed by atoms with Crippen LogP contribution in [0.5, 0.6) is 0 Å². The first-order valence-electron chi connectivity index (χ1n) is 10.2. The lowest BCUT2D eigenvalue weighted by molar-refractivity contribution is -0.132. The van der Waals surface area contributed by atoms with Crippen LogP contribution in [-0.4, -0.2) is 55.0 Å². The minimum Gasteiger partial charge on any atom is -0.394 e. The molecule has 1 aromatic rings. The molecule has 1 aromatic carbocycles. The summed E-state index contributed by atoms with van der Waals surface area (Å²) in [5.41, 5.74) is 1.03. The van der Waals surface area contributed by atoms with Crippen molar-refractivity contribution in [2.75, 3.05) is 19.8 Å². The van der Waals surface area contributed by atoms with Crippen LogP contribution in [0.25, 0.3) is 0 Å². The van der Waals surface area contributed by atoms with Crippen LogP contribution in [0.15, 0.2) is 42.5 Å². The van der Waals surface area contributed by atoms with E-state index in [4.69, 9.17) is 9.47 Å². The van der Waals surface area contributed by atoms with Gasteiger partial charge in [-0.3, -0.25) is 9.59 Å². The monoisotopic (exact) mass is 402 g/mol. The topological polar surface area (TPSA) is 96.9 Å². The zero-order valence-electron chi connectivity index (χ0n) is 16.8. The molecule has 1 fully saturated rings. The summed E-state index contributed by atoms with van der Waals surface area (Å²) in [5.74, 6) is -0.241. The second-order valence-corrected chi connectivity index (χ2v) is 7.61. The van der Waals surface area contributed by atoms with Gasteiger partial charge in [0.15, 0.2) is 0 Å². The van der Waals surface area contributed by atoms with Crippen molar-refractivity contribution in [3.63, 3.8) is 0 Å². The predicted octanol–water partition coefficient (Wildman–Crippen LogP) is 1.48. The summed E-state index contributed by atoms with van der Waals surface area (Å²) in [7, 11) is 0. The number of rotatable bonds is 7. The number of nitrogens with one attached hydrogen (secondary N) is 2. The highest BCUT2D eigenvalue weighted by atomic mass is 16.5. The lowest BCUT2D eigenvalue weighted by atomic mass is 9.97. The van der Waals surface area contributed by atoms with Crippen molar-refractivity contribution in [2.45, 2.75) is 50.5 Å². The summed E-state index contributed by atoms with van der Waals surface area (Å²) < 4.78 is 11.1. The Morgan fingerprint density at radius 2 is 1.90 bits per heavy atom. The molecule has 0 aliphatic carbocycles. The summed E-state index contributed by atoms with van der Waals surface area (Å²) >= 11 is 0. The van der Waals surface area contributed by atoms with Crippen molar-refractivity contribution >= 4 is 11.8 Å². The Bertz CT molecular complexity index is 702. The molecule has 3 rings (SSSR count). The first-order chi connectivity index (χ1) is 14.1. The number of aliphatic hydroxyl groups excluding tert-OH is 1. The molecule has 2 aliphatic rings. The number of hydrogen-bond acceptors (Lipinski definition) is 5. The van der Waals surface area contributed by atoms with E-state index in [2.05, 4.69) is 10.6 Å². The van der Waals surface area contributed by atoms with Gasteiger partial charge in [-0.2, -0.15) is 0 Å². The van der Waals surface area contributed by atoms with E-state index in [0.29, 0.717) is 26.1 Å². The highest BCUT2D eigenvalue weighted by molar-refractivity contribution is 5.79. The van der Waals surface area contributed by atoms with E-state index in [9.17, 15) is 14.7 Å². The second kappa shape index (κ2) is 10.5. The number of benzene rings is 1. The average Bonchev–Trinajstić information content (AvgIpc) is 2.75. The minimum absolute atomic E-state index is 0.0436. The largest absolute Gasteiger partial charge is 0.394 e. The van der Waals surface area contributed by atoms with Crippen molar-refractivity contribution < 1.29 is 24.2 Å². The summed E-state index contributed by atoms with van der Waals surface area (Å²) in [6, 6.07) is 9.24. The van der Waals surface area contributed by atoms with Crippen molar-refractivity contribution in [2.24, 2.45) is 5.92 Å². The molecule has 0 aromatic heterocycles. The van der Waals surface area contributed by atoms with Gasteiger partial charge in [-0.25, -0.2) is 0 Å². The van der Waals surface area contributed by atoms with Gasteiger partial charge in [0.25, 0.3) is 0 Å². The molecule has 2 heterocycles. The summed E-state index contributed by atoms with van der Waals surface area (Å²) in [6.45, 7) is 2.89. The highest BCUT2D eigenvalue weighted by Gasteiger charge is 2.31. The molecule has 29 heavy (non-hydrogen) atoms. The number of carbonyl (C=O) groups is 2. The van der Waals surface area contributed by atoms with E-state index in [1.807, 2.05) is 43.3 Å². The lowest BCUT2D eigenvalue weighted by Gasteiger charge is -2.33. The molecule has 0 spiro atoms. The van der Waals surface area contributed by atoms with Crippen molar-refractivity contribution in [1.82, 2.24) is 10.6 Å². The standard InChI is InChI=1S/C22H30N2O5/c1-15(16-5-3-2-4-6-16)23-21(26)13-18-7-8-19(20(14-25)29-18)24-22(27)17-9-11-28-12-10-17/h2-8,15,17-20,25H,9-14H2,1H3,(H,23,26)(H,24,27)/t15-,18+,19+,20+/m0/s1. The Labute approximate surface area is 171 Å². The number of hydrogen-bond donors (Lipinski definition) is 3.